The van der Waals surface area contributed by atoms with Gasteiger partial charge in [0.1, 0.15) is 5.82 Å². The molecule has 3 heterocycles. The molecule has 1 aliphatic heterocycles. The van der Waals surface area contributed by atoms with Crippen LogP contribution in [0.15, 0.2) is 23.4 Å². The molecule has 118 valence electrons. The fourth-order valence-electron chi connectivity index (χ4n) is 2.87. The van der Waals surface area contributed by atoms with E-state index in [1.807, 2.05) is 13.0 Å². The van der Waals surface area contributed by atoms with Gasteiger partial charge in [-0.15, -0.1) is 10.2 Å². The van der Waals surface area contributed by atoms with Crippen LogP contribution in [-0.2, 0) is 13.5 Å². The molecule has 2 aromatic rings. The molecule has 5 nitrogen and oxygen atoms in total. The van der Waals surface area contributed by atoms with Gasteiger partial charge in [-0.25, -0.2) is 0 Å². The molecule has 0 amide bonds. The molecule has 0 spiro atoms. The highest BCUT2D eigenvalue weighted by Gasteiger charge is 2.21. The predicted octanol–water partition coefficient (Wildman–Crippen LogP) is 2.32. The van der Waals surface area contributed by atoms with Crippen molar-refractivity contribution in [3.05, 3.63) is 35.4 Å². The first kappa shape index (κ1) is 15.5. The second-order valence-electron chi connectivity index (χ2n) is 5.81. The predicted molar refractivity (Wildman–Crippen MR) is 89.2 cm³/mol. The van der Waals surface area contributed by atoms with Gasteiger partial charge in [0.2, 0.25) is 0 Å². The fourth-order valence-corrected chi connectivity index (χ4v) is 3.74. The summed E-state index contributed by atoms with van der Waals surface area (Å²) in [5.41, 5.74) is 2.22. The Bertz CT molecular complexity index is 619. The normalized spacial score (nSPS) is 18.5. The van der Waals surface area contributed by atoms with Crippen molar-refractivity contribution in [1.29, 1.82) is 0 Å². The average Bonchev–Trinajstić information content (AvgIpc) is 2.89. The van der Waals surface area contributed by atoms with E-state index in [1.165, 1.54) is 12.8 Å². The van der Waals surface area contributed by atoms with Gasteiger partial charge in [0, 0.05) is 36.7 Å². The van der Waals surface area contributed by atoms with Crippen molar-refractivity contribution in [3.8, 4) is 0 Å². The quantitative estimate of drug-likeness (QED) is 0.858. The number of piperidine rings is 1. The van der Waals surface area contributed by atoms with E-state index < -0.39 is 0 Å². The molecule has 1 saturated heterocycles. The molecule has 1 fully saturated rings. The van der Waals surface area contributed by atoms with Crippen LogP contribution in [0.4, 0.5) is 0 Å². The monoisotopic (exact) mass is 317 g/mol. The Morgan fingerprint density at radius 2 is 2.27 bits per heavy atom. The molecule has 1 atom stereocenters. The Morgan fingerprint density at radius 3 is 3.05 bits per heavy atom. The number of rotatable bonds is 5. The molecule has 0 bridgehead atoms. The SMILES string of the molecule is Cc1cccc(CCSc2nnc([C@@H]3CCCNC3)n2C)n1. The summed E-state index contributed by atoms with van der Waals surface area (Å²) < 4.78 is 2.16. The Kier molecular flexibility index (Phi) is 5.10. The molecule has 0 unspecified atom stereocenters. The topological polar surface area (TPSA) is 55.6 Å². The minimum absolute atomic E-state index is 0.499. The molecule has 0 saturated carbocycles. The molecule has 1 N–H and O–H groups in total. The zero-order chi connectivity index (χ0) is 15.4. The number of nitrogens with zero attached hydrogens (tertiary/aromatic N) is 4. The van der Waals surface area contributed by atoms with Crippen molar-refractivity contribution in [1.82, 2.24) is 25.1 Å². The second kappa shape index (κ2) is 7.24. The summed E-state index contributed by atoms with van der Waals surface area (Å²) in [5.74, 6) is 2.59. The molecular formula is C16H23N5S. The molecular weight excluding hydrogens is 294 g/mol. The van der Waals surface area contributed by atoms with E-state index >= 15 is 0 Å². The van der Waals surface area contributed by atoms with Gasteiger partial charge >= 0.3 is 0 Å². The van der Waals surface area contributed by atoms with Crippen LogP contribution in [0.25, 0.3) is 0 Å². The lowest BCUT2D eigenvalue weighted by atomic mass is 9.99. The zero-order valence-electron chi connectivity index (χ0n) is 13.2. The summed E-state index contributed by atoms with van der Waals surface area (Å²) in [4.78, 5) is 4.54. The number of hydrogen-bond donors (Lipinski definition) is 1. The highest BCUT2D eigenvalue weighted by atomic mass is 32.2. The molecule has 3 rings (SSSR count). The van der Waals surface area contributed by atoms with E-state index in [2.05, 4.69) is 44.2 Å². The number of hydrogen-bond acceptors (Lipinski definition) is 5. The van der Waals surface area contributed by atoms with Gasteiger partial charge in [0.15, 0.2) is 5.16 Å². The molecule has 0 aliphatic carbocycles. The van der Waals surface area contributed by atoms with Gasteiger partial charge in [-0.3, -0.25) is 4.98 Å². The van der Waals surface area contributed by atoms with E-state index in [4.69, 9.17) is 0 Å². The van der Waals surface area contributed by atoms with Gasteiger partial charge in [-0.05, 0) is 44.9 Å². The lowest BCUT2D eigenvalue weighted by molar-refractivity contribution is 0.436. The maximum absolute atomic E-state index is 4.54. The average molecular weight is 317 g/mol. The molecule has 0 radical (unpaired) electrons. The Labute approximate surface area is 135 Å². The highest BCUT2D eigenvalue weighted by molar-refractivity contribution is 7.99. The molecule has 1 aliphatic rings. The van der Waals surface area contributed by atoms with E-state index in [0.717, 1.165) is 47.6 Å². The second-order valence-corrected chi connectivity index (χ2v) is 6.87. The van der Waals surface area contributed by atoms with Crippen LogP contribution in [0.5, 0.6) is 0 Å². The number of pyridine rings is 1. The van der Waals surface area contributed by atoms with Gasteiger partial charge in [-0.1, -0.05) is 17.8 Å². The van der Waals surface area contributed by atoms with Crippen molar-refractivity contribution >= 4 is 11.8 Å². The zero-order valence-corrected chi connectivity index (χ0v) is 14.1. The standard InChI is InChI=1S/C16H23N5S/c1-12-5-3-7-14(18-12)8-10-22-16-20-19-15(21(16)2)13-6-4-9-17-11-13/h3,5,7,13,17H,4,6,8-11H2,1-2H3/t13-/m1/s1. The summed E-state index contributed by atoms with van der Waals surface area (Å²) >= 11 is 1.76. The molecule has 6 heteroatoms. The summed E-state index contributed by atoms with van der Waals surface area (Å²) in [6.45, 7) is 4.17. The maximum atomic E-state index is 4.54. The first-order chi connectivity index (χ1) is 10.7. The van der Waals surface area contributed by atoms with Crippen molar-refractivity contribution in [3.63, 3.8) is 0 Å². The van der Waals surface area contributed by atoms with E-state index in [0.29, 0.717) is 5.92 Å². The first-order valence-corrected chi connectivity index (χ1v) is 8.88. The Morgan fingerprint density at radius 1 is 1.36 bits per heavy atom. The van der Waals surface area contributed by atoms with E-state index in [9.17, 15) is 0 Å². The largest absolute Gasteiger partial charge is 0.316 e. The Balaban J connectivity index is 1.58. The van der Waals surface area contributed by atoms with Crippen molar-refractivity contribution in [2.45, 2.75) is 37.3 Å². The van der Waals surface area contributed by atoms with Gasteiger partial charge in [0.25, 0.3) is 0 Å². The number of aromatic nitrogens is 4. The molecule has 0 aromatic carbocycles. The number of aryl methyl sites for hydroxylation is 2. The molecule has 2 aromatic heterocycles. The van der Waals surface area contributed by atoms with Crippen molar-refractivity contribution in [2.75, 3.05) is 18.8 Å². The number of nitrogens with one attached hydrogen (secondary N) is 1. The van der Waals surface area contributed by atoms with Gasteiger partial charge < -0.3 is 9.88 Å². The maximum Gasteiger partial charge on any atom is 0.190 e. The first-order valence-electron chi connectivity index (χ1n) is 7.89. The third-order valence-corrected chi connectivity index (χ3v) is 5.09. The van der Waals surface area contributed by atoms with Crippen LogP contribution in [0.2, 0.25) is 0 Å². The Hall–Kier alpha value is -1.40. The van der Waals surface area contributed by atoms with Crippen LogP contribution >= 0.6 is 11.8 Å². The van der Waals surface area contributed by atoms with Crippen LogP contribution in [-0.4, -0.2) is 38.6 Å². The van der Waals surface area contributed by atoms with Crippen LogP contribution in [0.3, 0.4) is 0 Å². The van der Waals surface area contributed by atoms with Crippen molar-refractivity contribution < 1.29 is 0 Å². The summed E-state index contributed by atoms with van der Waals surface area (Å²) in [5, 5.41) is 13.2. The van der Waals surface area contributed by atoms with Gasteiger partial charge in [-0.2, -0.15) is 0 Å². The lowest BCUT2D eigenvalue weighted by Crippen LogP contribution is -2.29. The van der Waals surface area contributed by atoms with Crippen LogP contribution < -0.4 is 5.32 Å². The summed E-state index contributed by atoms with van der Waals surface area (Å²) in [6, 6.07) is 6.19. The molecule has 22 heavy (non-hydrogen) atoms. The van der Waals surface area contributed by atoms with Crippen molar-refractivity contribution in [2.24, 2.45) is 7.05 Å². The van der Waals surface area contributed by atoms with Crippen LogP contribution in [0, 0.1) is 6.92 Å². The summed E-state index contributed by atoms with van der Waals surface area (Å²) in [6.07, 6.45) is 3.38. The fraction of sp³-hybridized carbons (Fsp3) is 0.562. The van der Waals surface area contributed by atoms with Gasteiger partial charge in [0.05, 0.1) is 0 Å². The third kappa shape index (κ3) is 3.67. The summed E-state index contributed by atoms with van der Waals surface area (Å²) in [7, 11) is 2.08. The smallest absolute Gasteiger partial charge is 0.190 e. The highest BCUT2D eigenvalue weighted by Crippen LogP contribution is 2.25. The van der Waals surface area contributed by atoms with E-state index in [1.54, 1.807) is 11.8 Å². The number of thioether (sulfide) groups is 1. The van der Waals surface area contributed by atoms with E-state index in [-0.39, 0.29) is 0 Å². The minimum atomic E-state index is 0.499. The lowest BCUT2D eigenvalue weighted by Gasteiger charge is -2.21. The third-order valence-electron chi connectivity index (χ3n) is 4.07. The van der Waals surface area contributed by atoms with Crippen LogP contribution in [0.1, 0.15) is 36.0 Å². The minimum Gasteiger partial charge on any atom is -0.316 e.